The number of benzene rings is 1. The third-order valence-electron chi connectivity index (χ3n) is 3.26. The van der Waals surface area contributed by atoms with Gasteiger partial charge in [0.25, 0.3) is 5.91 Å². The summed E-state index contributed by atoms with van der Waals surface area (Å²) in [6.07, 6.45) is 3.61. The predicted octanol–water partition coefficient (Wildman–Crippen LogP) is 2.27. The zero-order valence-corrected chi connectivity index (χ0v) is 10.9. The maximum absolute atomic E-state index is 12.3. The average molecular weight is 259 g/mol. The van der Waals surface area contributed by atoms with Gasteiger partial charge in [-0.15, -0.1) is 0 Å². The van der Waals surface area contributed by atoms with Crippen LogP contribution in [-0.4, -0.2) is 35.0 Å². The zero-order valence-electron chi connectivity index (χ0n) is 10.9. The van der Waals surface area contributed by atoms with Gasteiger partial charge in [0.1, 0.15) is 0 Å². The molecule has 1 fully saturated rings. The summed E-state index contributed by atoms with van der Waals surface area (Å²) in [5, 5.41) is 8.59. The predicted molar refractivity (Wildman–Crippen MR) is 72.8 cm³/mol. The lowest BCUT2D eigenvalue weighted by molar-refractivity contribution is -0.131. The van der Waals surface area contributed by atoms with Crippen molar-refractivity contribution >= 4 is 18.0 Å². The van der Waals surface area contributed by atoms with E-state index in [1.807, 2.05) is 4.90 Å². The van der Waals surface area contributed by atoms with Gasteiger partial charge >= 0.3 is 5.97 Å². The van der Waals surface area contributed by atoms with Gasteiger partial charge in [0, 0.05) is 24.7 Å². The Balaban J connectivity index is 2.14. The molecule has 0 aromatic heterocycles. The van der Waals surface area contributed by atoms with Crippen molar-refractivity contribution in [2.24, 2.45) is 5.92 Å². The molecule has 1 aliphatic heterocycles. The van der Waals surface area contributed by atoms with Crippen LogP contribution in [0.4, 0.5) is 0 Å². The number of likely N-dealkylation sites (tertiary alicyclic amines) is 1. The minimum atomic E-state index is -0.995. The second-order valence-corrected chi connectivity index (χ2v) is 4.94. The summed E-state index contributed by atoms with van der Waals surface area (Å²) in [5.41, 5.74) is 1.34. The van der Waals surface area contributed by atoms with Crippen molar-refractivity contribution in [1.29, 1.82) is 0 Å². The van der Waals surface area contributed by atoms with E-state index in [0.717, 1.165) is 31.1 Å². The standard InChI is InChI=1S/C15H17NO3/c1-11-7-8-16(10-11)15(19)13-4-2-3-12(9-13)5-6-14(17)18/h2-6,9,11H,7-8,10H2,1H3,(H,17,18)/b6-5+. The molecule has 1 unspecified atom stereocenters. The fourth-order valence-electron chi connectivity index (χ4n) is 2.24. The quantitative estimate of drug-likeness (QED) is 0.847. The number of amides is 1. The Morgan fingerprint density at radius 3 is 2.84 bits per heavy atom. The molecular weight excluding hydrogens is 242 g/mol. The molecule has 1 saturated heterocycles. The lowest BCUT2D eigenvalue weighted by Crippen LogP contribution is -2.28. The topological polar surface area (TPSA) is 57.6 Å². The number of carbonyl (C=O) groups excluding carboxylic acids is 1. The smallest absolute Gasteiger partial charge is 0.328 e. The molecule has 1 heterocycles. The number of aliphatic carboxylic acids is 1. The van der Waals surface area contributed by atoms with Crippen LogP contribution in [-0.2, 0) is 4.79 Å². The minimum absolute atomic E-state index is 0.0231. The molecule has 0 radical (unpaired) electrons. The normalized spacial score (nSPS) is 19.0. The first-order valence-corrected chi connectivity index (χ1v) is 6.36. The van der Waals surface area contributed by atoms with E-state index < -0.39 is 5.97 Å². The summed E-state index contributed by atoms with van der Waals surface area (Å²) in [4.78, 5) is 24.6. The SMILES string of the molecule is CC1CCN(C(=O)c2cccc(/C=C/C(=O)O)c2)C1. The van der Waals surface area contributed by atoms with Gasteiger partial charge in [0.05, 0.1) is 0 Å². The summed E-state index contributed by atoms with van der Waals surface area (Å²) in [7, 11) is 0. The number of hydrogen-bond acceptors (Lipinski definition) is 2. The van der Waals surface area contributed by atoms with Gasteiger partial charge in [0.15, 0.2) is 0 Å². The molecule has 0 aliphatic carbocycles. The van der Waals surface area contributed by atoms with Crippen LogP contribution >= 0.6 is 0 Å². The van der Waals surface area contributed by atoms with E-state index in [2.05, 4.69) is 6.92 Å². The number of carboxylic acid groups (broad SMARTS) is 1. The van der Waals surface area contributed by atoms with Crippen molar-refractivity contribution in [2.75, 3.05) is 13.1 Å². The summed E-state index contributed by atoms with van der Waals surface area (Å²) in [5.74, 6) is -0.418. The highest BCUT2D eigenvalue weighted by Crippen LogP contribution is 2.18. The number of carbonyl (C=O) groups is 2. The Morgan fingerprint density at radius 1 is 1.42 bits per heavy atom. The van der Waals surface area contributed by atoms with Crippen molar-refractivity contribution in [3.05, 3.63) is 41.5 Å². The van der Waals surface area contributed by atoms with Crippen LogP contribution in [0.5, 0.6) is 0 Å². The van der Waals surface area contributed by atoms with E-state index in [4.69, 9.17) is 5.11 Å². The Kier molecular flexibility index (Phi) is 4.00. The van der Waals surface area contributed by atoms with E-state index in [1.54, 1.807) is 24.3 Å². The van der Waals surface area contributed by atoms with Crippen LogP contribution in [0.15, 0.2) is 30.3 Å². The summed E-state index contributed by atoms with van der Waals surface area (Å²) in [6, 6.07) is 7.05. The van der Waals surface area contributed by atoms with Crippen molar-refractivity contribution < 1.29 is 14.7 Å². The van der Waals surface area contributed by atoms with Gasteiger partial charge < -0.3 is 10.0 Å². The maximum atomic E-state index is 12.3. The van der Waals surface area contributed by atoms with Crippen molar-refractivity contribution in [1.82, 2.24) is 4.90 Å². The average Bonchev–Trinajstić information content (AvgIpc) is 2.82. The lowest BCUT2D eigenvalue weighted by atomic mass is 10.1. The van der Waals surface area contributed by atoms with E-state index in [0.29, 0.717) is 11.5 Å². The molecule has 0 saturated carbocycles. The van der Waals surface area contributed by atoms with Crippen molar-refractivity contribution in [2.45, 2.75) is 13.3 Å². The van der Waals surface area contributed by atoms with E-state index in [9.17, 15) is 9.59 Å². The van der Waals surface area contributed by atoms with Crippen molar-refractivity contribution in [3.8, 4) is 0 Å². The zero-order chi connectivity index (χ0) is 13.8. The largest absolute Gasteiger partial charge is 0.478 e. The molecule has 1 aromatic rings. The van der Waals surface area contributed by atoms with Gasteiger partial charge in [-0.25, -0.2) is 4.79 Å². The van der Waals surface area contributed by atoms with Crippen LogP contribution in [0, 0.1) is 5.92 Å². The van der Waals surface area contributed by atoms with E-state index in [-0.39, 0.29) is 5.91 Å². The fraction of sp³-hybridized carbons (Fsp3) is 0.333. The monoisotopic (exact) mass is 259 g/mol. The molecular formula is C15H17NO3. The van der Waals surface area contributed by atoms with Gasteiger partial charge in [-0.05, 0) is 36.1 Å². The molecule has 4 heteroatoms. The van der Waals surface area contributed by atoms with Crippen LogP contribution in [0.2, 0.25) is 0 Å². The molecule has 1 aromatic carbocycles. The highest BCUT2D eigenvalue weighted by atomic mass is 16.4. The second kappa shape index (κ2) is 5.69. The molecule has 1 N–H and O–H groups in total. The number of hydrogen-bond donors (Lipinski definition) is 1. The Labute approximate surface area is 112 Å². The molecule has 1 aliphatic rings. The molecule has 19 heavy (non-hydrogen) atoms. The lowest BCUT2D eigenvalue weighted by Gasteiger charge is -2.16. The highest BCUT2D eigenvalue weighted by molar-refractivity contribution is 5.95. The molecule has 1 atom stereocenters. The maximum Gasteiger partial charge on any atom is 0.328 e. The van der Waals surface area contributed by atoms with Crippen molar-refractivity contribution in [3.63, 3.8) is 0 Å². The molecule has 1 amide bonds. The highest BCUT2D eigenvalue weighted by Gasteiger charge is 2.23. The Hall–Kier alpha value is -2.10. The molecule has 0 spiro atoms. The number of carboxylic acids is 1. The van der Waals surface area contributed by atoms with E-state index in [1.165, 1.54) is 6.08 Å². The van der Waals surface area contributed by atoms with Crippen LogP contribution < -0.4 is 0 Å². The second-order valence-electron chi connectivity index (χ2n) is 4.94. The van der Waals surface area contributed by atoms with Gasteiger partial charge in [-0.3, -0.25) is 4.79 Å². The van der Waals surface area contributed by atoms with Gasteiger partial charge in [-0.1, -0.05) is 19.1 Å². The van der Waals surface area contributed by atoms with Crippen LogP contribution in [0.3, 0.4) is 0 Å². The first-order chi connectivity index (χ1) is 9.06. The molecule has 100 valence electrons. The Bertz CT molecular complexity index is 522. The number of nitrogens with zero attached hydrogens (tertiary/aromatic N) is 1. The minimum Gasteiger partial charge on any atom is -0.478 e. The van der Waals surface area contributed by atoms with E-state index >= 15 is 0 Å². The summed E-state index contributed by atoms with van der Waals surface area (Å²) >= 11 is 0. The molecule has 2 rings (SSSR count). The fourth-order valence-corrected chi connectivity index (χ4v) is 2.24. The molecule has 0 bridgehead atoms. The Morgan fingerprint density at radius 2 is 2.21 bits per heavy atom. The molecule has 4 nitrogen and oxygen atoms in total. The summed E-state index contributed by atoms with van der Waals surface area (Å²) in [6.45, 7) is 3.74. The van der Waals surface area contributed by atoms with Crippen LogP contribution in [0.25, 0.3) is 6.08 Å². The summed E-state index contributed by atoms with van der Waals surface area (Å²) < 4.78 is 0. The van der Waals surface area contributed by atoms with Crippen LogP contribution in [0.1, 0.15) is 29.3 Å². The number of rotatable bonds is 3. The first-order valence-electron chi connectivity index (χ1n) is 6.36. The van der Waals surface area contributed by atoms with Gasteiger partial charge in [0.2, 0.25) is 0 Å². The first kappa shape index (κ1) is 13.3. The third-order valence-corrected chi connectivity index (χ3v) is 3.26. The van der Waals surface area contributed by atoms with Gasteiger partial charge in [-0.2, -0.15) is 0 Å². The third kappa shape index (κ3) is 3.44.